The third-order valence-electron chi connectivity index (χ3n) is 2.48. The van der Waals surface area contributed by atoms with Gasteiger partial charge in [-0.1, -0.05) is 25.5 Å². The van der Waals surface area contributed by atoms with Crippen LogP contribution in [0.4, 0.5) is 0 Å². The first kappa shape index (κ1) is 14.6. The predicted molar refractivity (Wildman–Crippen MR) is 69.9 cm³/mol. The van der Waals surface area contributed by atoms with E-state index in [4.69, 9.17) is 0 Å². The van der Waals surface area contributed by atoms with Crippen molar-refractivity contribution in [2.45, 2.75) is 46.2 Å². The number of nitrogens with zero attached hydrogens (tertiary/aromatic N) is 3. The minimum atomic E-state index is -0.0126. The van der Waals surface area contributed by atoms with Gasteiger partial charge in [0.25, 0.3) is 0 Å². The molecule has 6 heteroatoms. The van der Waals surface area contributed by atoms with Crippen LogP contribution >= 0.6 is 0 Å². The van der Waals surface area contributed by atoms with Crippen LogP contribution < -0.4 is 10.6 Å². The van der Waals surface area contributed by atoms with Gasteiger partial charge in [-0.25, -0.2) is 4.68 Å². The maximum atomic E-state index is 11.5. The van der Waals surface area contributed by atoms with Gasteiger partial charge in [-0.15, -0.1) is 5.10 Å². The maximum Gasteiger partial charge on any atom is 0.241 e. The van der Waals surface area contributed by atoms with E-state index < -0.39 is 0 Å². The van der Waals surface area contributed by atoms with Gasteiger partial charge in [0.1, 0.15) is 6.54 Å². The standard InChI is InChI=1S/C12H23N5O/c1-3-5-7-14-12(18)10-17-9-11(15-16-17)8-13-6-4-2/h9,13H,3-8,10H2,1-2H3,(H,14,18). The van der Waals surface area contributed by atoms with E-state index in [-0.39, 0.29) is 12.5 Å². The third-order valence-corrected chi connectivity index (χ3v) is 2.48. The zero-order valence-electron chi connectivity index (χ0n) is 11.3. The molecule has 0 atom stereocenters. The van der Waals surface area contributed by atoms with Gasteiger partial charge in [0.2, 0.25) is 5.91 Å². The van der Waals surface area contributed by atoms with Gasteiger partial charge < -0.3 is 10.6 Å². The van der Waals surface area contributed by atoms with Crippen LogP contribution in [-0.2, 0) is 17.9 Å². The molecule has 0 fully saturated rings. The Morgan fingerprint density at radius 3 is 2.89 bits per heavy atom. The summed E-state index contributed by atoms with van der Waals surface area (Å²) in [5, 5.41) is 14.0. The predicted octanol–water partition coefficient (Wildman–Crippen LogP) is 0.694. The topological polar surface area (TPSA) is 71.8 Å². The Morgan fingerprint density at radius 2 is 2.17 bits per heavy atom. The number of rotatable bonds is 9. The molecule has 18 heavy (non-hydrogen) atoms. The fourth-order valence-corrected chi connectivity index (χ4v) is 1.50. The molecule has 1 rings (SSSR count). The molecule has 0 aliphatic heterocycles. The van der Waals surface area contributed by atoms with E-state index in [1.165, 1.54) is 0 Å². The lowest BCUT2D eigenvalue weighted by Gasteiger charge is -2.03. The van der Waals surface area contributed by atoms with Crippen molar-refractivity contribution in [2.75, 3.05) is 13.1 Å². The number of nitrogens with one attached hydrogen (secondary N) is 2. The molecular weight excluding hydrogens is 230 g/mol. The zero-order valence-corrected chi connectivity index (χ0v) is 11.3. The first-order valence-electron chi connectivity index (χ1n) is 6.62. The van der Waals surface area contributed by atoms with Crippen LogP contribution in [0.25, 0.3) is 0 Å². The number of amides is 1. The van der Waals surface area contributed by atoms with Crippen molar-refractivity contribution in [3.8, 4) is 0 Å². The summed E-state index contributed by atoms with van der Waals surface area (Å²) in [5.41, 5.74) is 0.866. The number of carbonyl (C=O) groups excluding carboxylic acids is 1. The largest absolute Gasteiger partial charge is 0.354 e. The molecule has 0 saturated heterocycles. The number of unbranched alkanes of at least 4 members (excludes halogenated alkanes) is 1. The summed E-state index contributed by atoms with van der Waals surface area (Å²) >= 11 is 0. The molecule has 1 aromatic rings. The molecule has 1 amide bonds. The lowest BCUT2D eigenvalue weighted by molar-refractivity contribution is -0.121. The van der Waals surface area contributed by atoms with E-state index in [0.717, 1.165) is 38.0 Å². The van der Waals surface area contributed by atoms with Crippen LogP contribution in [0, 0.1) is 0 Å². The van der Waals surface area contributed by atoms with Crippen molar-refractivity contribution in [2.24, 2.45) is 0 Å². The molecule has 0 radical (unpaired) electrons. The van der Waals surface area contributed by atoms with Crippen LogP contribution in [0.1, 0.15) is 38.8 Å². The molecule has 1 heterocycles. The minimum Gasteiger partial charge on any atom is -0.354 e. The van der Waals surface area contributed by atoms with Crippen LogP contribution in [0.2, 0.25) is 0 Å². The number of aromatic nitrogens is 3. The molecule has 0 aliphatic carbocycles. The average molecular weight is 253 g/mol. The monoisotopic (exact) mass is 253 g/mol. The number of carbonyl (C=O) groups is 1. The summed E-state index contributed by atoms with van der Waals surface area (Å²) in [6.07, 6.45) is 4.99. The highest BCUT2D eigenvalue weighted by molar-refractivity contribution is 5.75. The Labute approximate surface area is 108 Å². The second-order valence-electron chi connectivity index (χ2n) is 4.29. The van der Waals surface area contributed by atoms with Gasteiger partial charge in [-0.05, 0) is 19.4 Å². The Morgan fingerprint density at radius 1 is 1.33 bits per heavy atom. The van der Waals surface area contributed by atoms with Crippen molar-refractivity contribution in [3.63, 3.8) is 0 Å². The first-order valence-corrected chi connectivity index (χ1v) is 6.62. The molecular formula is C12H23N5O. The van der Waals surface area contributed by atoms with E-state index in [0.29, 0.717) is 6.54 Å². The van der Waals surface area contributed by atoms with Gasteiger partial charge in [0.15, 0.2) is 0 Å². The highest BCUT2D eigenvalue weighted by Gasteiger charge is 2.05. The maximum absolute atomic E-state index is 11.5. The average Bonchev–Trinajstić information content (AvgIpc) is 2.77. The zero-order chi connectivity index (χ0) is 13.2. The molecule has 102 valence electrons. The van der Waals surface area contributed by atoms with Gasteiger partial charge >= 0.3 is 0 Å². The van der Waals surface area contributed by atoms with Crippen molar-refractivity contribution in [3.05, 3.63) is 11.9 Å². The summed E-state index contributed by atoms with van der Waals surface area (Å²) in [7, 11) is 0. The Balaban J connectivity index is 2.27. The molecule has 2 N–H and O–H groups in total. The number of hydrogen-bond donors (Lipinski definition) is 2. The van der Waals surface area contributed by atoms with Gasteiger partial charge in [0.05, 0.1) is 11.9 Å². The normalized spacial score (nSPS) is 10.6. The number of hydrogen-bond acceptors (Lipinski definition) is 4. The smallest absolute Gasteiger partial charge is 0.241 e. The minimum absolute atomic E-state index is 0.0126. The summed E-state index contributed by atoms with van der Waals surface area (Å²) in [5.74, 6) is -0.0126. The second-order valence-corrected chi connectivity index (χ2v) is 4.29. The van der Waals surface area contributed by atoms with E-state index in [9.17, 15) is 4.79 Å². The molecule has 6 nitrogen and oxygen atoms in total. The van der Waals surface area contributed by atoms with E-state index in [1.807, 2.05) is 6.20 Å². The SMILES string of the molecule is CCCCNC(=O)Cn1cc(CNCCC)nn1. The Hall–Kier alpha value is -1.43. The summed E-state index contributed by atoms with van der Waals surface area (Å²) in [4.78, 5) is 11.5. The quantitative estimate of drug-likeness (QED) is 0.635. The summed E-state index contributed by atoms with van der Waals surface area (Å²) in [6, 6.07) is 0. The molecule has 0 aliphatic rings. The van der Waals surface area contributed by atoms with Crippen LogP contribution in [0.5, 0.6) is 0 Å². The summed E-state index contributed by atoms with van der Waals surface area (Å²) < 4.78 is 1.57. The molecule has 0 bridgehead atoms. The fourth-order valence-electron chi connectivity index (χ4n) is 1.50. The van der Waals surface area contributed by atoms with Crippen LogP contribution in [0.15, 0.2) is 6.20 Å². The lowest BCUT2D eigenvalue weighted by atomic mass is 10.3. The van der Waals surface area contributed by atoms with E-state index in [2.05, 4.69) is 34.8 Å². The van der Waals surface area contributed by atoms with Crippen molar-refractivity contribution >= 4 is 5.91 Å². The Bertz CT molecular complexity index is 350. The molecule has 0 saturated carbocycles. The fraction of sp³-hybridized carbons (Fsp3) is 0.750. The van der Waals surface area contributed by atoms with E-state index in [1.54, 1.807) is 4.68 Å². The Kier molecular flexibility index (Phi) is 7.01. The first-order chi connectivity index (χ1) is 8.76. The van der Waals surface area contributed by atoms with Crippen molar-refractivity contribution < 1.29 is 4.79 Å². The van der Waals surface area contributed by atoms with Crippen molar-refractivity contribution in [1.29, 1.82) is 0 Å². The molecule has 0 aromatic carbocycles. The van der Waals surface area contributed by atoms with Gasteiger partial charge in [-0.3, -0.25) is 4.79 Å². The molecule has 0 unspecified atom stereocenters. The van der Waals surface area contributed by atoms with E-state index >= 15 is 0 Å². The van der Waals surface area contributed by atoms with Gasteiger partial charge in [0, 0.05) is 13.1 Å². The third kappa shape index (κ3) is 5.77. The second kappa shape index (κ2) is 8.63. The van der Waals surface area contributed by atoms with Crippen LogP contribution in [0.3, 0.4) is 0 Å². The lowest BCUT2D eigenvalue weighted by Crippen LogP contribution is -2.28. The molecule has 0 spiro atoms. The van der Waals surface area contributed by atoms with Gasteiger partial charge in [-0.2, -0.15) is 0 Å². The van der Waals surface area contributed by atoms with Crippen molar-refractivity contribution in [1.82, 2.24) is 25.6 Å². The molecule has 1 aromatic heterocycles. The highest BCUT2D eigenvalue weighted by atomic mass is 16.2. The van der Waals surface area contributed by atoms with Crippen LogP contribution in [-0.4, -0.2) is 34.0 Å². The highest BCUT2D eigenvalue weighted by Crippen LogP contribution is 1.93. The summed E-state index contributed by atoms with van der Waals surface area (Å²) in [6.45, 7) is 6.85.